The average Bonchev–Trinajstić information content (AvgIpc) is 3.03. The van der Waals surface area contributed by atoms with E-state index in [-0.39, 0.29) is 24.0 Å². The molecule has 1 aromatic carbocycles. The molecule has 0 atom stereocenters. The number of hydrogen-bond acceptors (Lipinski definition) is 4. The fraction of sp³-hybridized carbons (Fsp3) is 0.353. The van der Waals surface area contributed by atoms with Crippen molar-refractivity contribution in [2.75, 3.05) is 32.1 Å². The molecule has 3 N–H and O–H groups in total. The Morgan fingerprint density at radius 1 is 1.33 bits per heavy atom. The lowest BCUT2D eigenvalue weighted by Gasteiger charge is -2.26. The molecule has 1 aliphatic heterocycles. The predicted molar refractivity (Wildman–Crippen MR) is 112 cm³/mol. The number of anilines is 1. The average molecular weight is 458 g/mol. The summed E-state index contributed by atoms with van der Waals surface area (Å²) in [7, 11) is 1.65. The van der Waals surface area contributed by atoms with Crippen LogP contribution in [0.25, 0.3) is 0 Å². The molecule has 0 spiro atoms. The third kappa shape index (κ3) is 5.09. The zero-order valence-corrected chi connectivity index (χ0v) is 16.8. The number of nitrogens with one attached hydrogen (secondary N) is 1. The Labute approximate surface area is 163 Å². The van der Waals surface area contributed by atoms with E-state index >= 15 is 0 Å². The number of nitrogens with two attached hydrogens (primary N) is 1. The number of aliphatic imine (C=N–C) groups is 1. The highest BCUT2D eigenvalue weighted by Gasteiger charge is 2.16. The number of fused-ring (bicyclic) bond motifs is 1. The standard InChI is InChI=1S/C17H22N4OS.HI/c1-22-15-4-2-14(3-5-15)20-17(18)19-8-10-21-9-6-16-13(12-21)7-11-23-16;/h2-5,7,11H,6,8-10,12H2,1H3,(H3,18,19,20);1H. The second-order valence-corrected chi connectivity index (χ2v) is 6.52. The zero-order valence-electron chi connectivity index (χ0n) is 13.7. The first kappa shape index (κ1) is 19.0. The van der Waals surface area contributed by atoms with E-state index in [9.17, 15) is 0 Å². The number of rotatable bonds is 5. The molecule has 0 bridgehead atoms. The van der Waals surface area contributed by atoms with Crippen molar-refractivity contribution in [2.45, 2.75) is 13.0 Å². The molecule has 3 rings (SSSR count). The molecule has 0 aliphatic carbocycles. The summed E-state index contributed by atoms with van der Waals surface area (Å²) in [5.41, 5.74) is 8.32. The maximum atomic E-state index is 5.94. The second-order valence-electron chi connectivity index (χ2n) is 5.52. The largest absolute Gasteiger partial charge is 0.497 e. The smallest absolute Gasteiger partial charge is 0.193 e. The van der Waals surface area contributed by atoms with E-state index in [1.165, 1.54) is 10.4 Å². The van der Waals surface area contributed by atoms with Crippen molar-refractivity contribution < 1.29 is 4.74 Å². The fourth-order valence-electron chi connectivity index (χ4n) is 2.67. The molecule has 130 valence electrons. The van der Waals surface area contributed by atoms with Crippen molar-refractivity contribution in [3.05, 3.63) is 46.2 Å². The minimum atomic E-state index is 0. The van der Waals surface area contributed by atoms with E-state index in [2.05, 4.69) is 26.7 Å². The molecule has 0 saturated carbocycles. The lowest BCUT2D eigenvalue weighted by molar-refractivity contribution is 0.264. The molecule has 0 unspecified atom stereocenters. The Morgan fingerprint density at radius 2 is 2.12 bits per heavy atom. The third-order valence-electron chi connectivity index (χ3n) is 3.95. The first-order chi connectivity index (χ1) is 11.2. The number of thiophene rings is 1. The summed E-state index contributed by atoms with van der Waals surface area (Å²) in [6, 6.07) is 9.85. The van der Waals surface area contributed by atoms with Crippen LogP contribution < -0.4 is 15.8 Å². The predicted octanol–water partition coefficient (Wildman–Crippen LogP) is 3.16. The summed E-state index contributed by atoms with van der Waals surface area (Å²) in [6.07, 6.45) is 1.15. The Hall–Kier alpha value is -1.32. The molecule has 0 amide bonds. The summed E-state index contributed by atoms with van der Waals surface area (Å²) >= 11 is 1.87. The van der Waals surface area contributed by atoms with E-state index in [1.807, 2.05) is 35.6 Å². The van der Waals surface area contributed by atoms with Gasteiger partial charge in [-0.15, -0.1) is 35.3 Å². The monoisotopic (exact) mass is 458 g/mol. The maximum Gasteiger partial charge on any atom is 0.193 e. The van der Waals surface area contributed by atoms with Gasteiger partial charge in [-0.1, -0.05) is 0 Å². The van der Waals surface area contributed by atoms with Crippen LogP contribution >= 0.6 is 35.3 Å². The maximum absolute atomic E-state index is 5.94. The van der Waals surface area contributed by atoms with Crippen molar-refractivity contribution in [1.29, 1.82) is 0 Å². The molecule has 2 heterocycles. The number of methoxy groups -OCH3 is 1. The molecule has 0 saturated heterocycles. The number of benzene rings is 1. The van der Waals surface area contributed by atoms with Gasteiger partial charge in [-0.05, 0) is 47.7 Å². The van der Waals surface area contributed by atoms with E-state index < -0.39 is 0 Å². The van der Waals surface area contributed by atoms with Crippen LogP contribution in [0.15, 0.2) is 40.7 Å². The number of hydrogen-bond donors (Lipinski definition) is 2. The second kappa shape index (κ2) is 9.24. The van der Waals surface area contributed by atoms with Crippen LogP contribution in [0.5, 0.6) is 5.75 Å². The minimum Gasteiger partial charge on any atom is -0.497 e. The van der Waals surface area contributed by atoms with Crippen molar-refractivity contribution in [2.24, 2.45) is 10.7 Å². The van der Waals surface area contributed by atoms with Crippen LogP contribution in [-0.2, 0) is 13.0 Å². The molecule has 1 aliphatic rings. The van der Waals surface area contributed by atoms with E-state index in [1.54, 1.807) is 7.11 Å². The first-order valence-electron chi connectivity index (χ1n) is 7.73. The highest BCUT2D eigenvalue weighted by atomic mass is 127. The van der Waals surface area contributed by atoms with Crippen LogP contribution in [0.1, 0.15) is 10.4 Å². The van der Waals surface area contributed by atoms with Gasteiger partial charge in [-0.25, -0.2) is 0 Å². The molecule has 7 heteroatoms. The Morgan fingerprint density at radius 3 is 2.88 bits per heavy atom. The van der Waals surface area contributed by atoms with E-state index in [0.717, 1.165) is 37.5 Å². The molecule has 24 heavy (non-hydrogen) atoms. The number of guanidine groups is 1. The molecule has 0 fully saturated rings. The first-order valence-corrected chi connectivity index (χ1v) is 8.61. The lowest BCUT2D eigenvalue weighted by Crippen LogP contribution is -2.32. The summed E-state index contributed by atoms with van der Waals surface area (Å²) in [6.45, 7) is 3.77. The van der Waals surface area contributed by atoms with Crippen LogP contribution in [-0.4, -0.2) is 37.6 Å². The lowest BCUT2D eigenvalue weighted by atomic mass is 10.1. The van der Waals surface area contributed by atoms with E-state index in [4.69, 9.17) is 10.5 Å². The van der Waals surface area contributed by atoms with Gasteiger partial charge >= 0.3 is 0 Å². The van der Waals surface area contributed by atoms with Gasteiger partial charge in [0.2, 0.25) is 0 Å². The highest BCUT2D eigenvalue weighted by Crippen LogP contribution is 2.23. The van der Waals surface area contributed by atoms with Crippen molar-refractivity contribution in [1.82, 2.24) is 4.90 Å². The molecular weight excluding hydrogens is 435 g/mol. The van der Waals surface area contributed by atoms with Crippen LogP contribution in [0.4, 0.5) is 5.69 Å². The molecular formula is C17H23IN4OS. The van der Waals surface area contributed by atoms with Crippen LogP contribution in [0, 0.1) is 0 Å². The normalized spacial score (nSPS) is 14.6. The van der Waals surface area contributed by atoms with Gasteiger partial charge in [0.05, 0.1) is 13.7 Å². The van der Waals surface area contributed by atoms with Crippen molar-refractivity contribution in [3.63, 3.8) is 0 Å². The van der Waals surface area contributed by atoms with Crippen LogP contribution in [0.2, 0.25) is 0 Å². The zero-order chi connectivity index (χ0) is 16.1. The highest BCUT2D eigenvalue weighted by molar-refractivity contribution is 14.0. The summed E-state index contributed by atoms with van der Waals surface area (Å²) in [5.74, 6) is 1.27. The van der Waals surface area contributed by atoms with E-state index in [0.29, 0.717) is 12.5 Å². The van der Waals surface area contributed by atoms with Crippen molar-refractivity contribution >= 4 is 47.0 Å². The summed E-state index contributed by atoms with van der Waals surface area (Å²) in [4.78, 5) is 8.38. The molecule has 5 nitrogen and oxygen atoms in total. The van der Waals surface area contributed by atoms with Gasteiger partial charge in [0.1, 0.15) is 5.75 Å². The topological polar surface area (TPSA) is 62.9 Å². The van der Waals surface area contributed by atoms with Gasteiger partial charge in [0, 0.05) is 30.2 Å². The fourth-order valence-corrected chi connectivity index (χ4v) is 3.56. The molecule has 2 aromatic rings. The van der Waals surface area contributed by atoms with Crippen LogP contribution in [0.3, 0.4) is 0 Å². The Bertz CT molecular complexity index is 671. The third-order valence-corrected chi connectivity index (χ3v) is 4.97. The molecule has 0 radical (unpaired) electrons. The quantitative estimate of drug-likeness (QED) is 0.411. The van der Waals surface area contributed by atoms with Gasteiger partial charge in [-0.3, -0.25) is 9.89 Å². The van der Waals surface area contributed by atoms with Gasteiger partial charge < -0.3 is 15.8 Å². The molecule has 1 aromatic heterocycles. The number of nitrogens with zero attached hydrogens (tertiary/aromatic N) is 2. The number of halogens is 1. The van der Waals surface area contributed by atoms with Gasteiger partial charge in [0.25, 0.3) is 0 Å². The SMILES string of the molecule is COc1ccc(NC(N)=NCCN2CCc3sccc3C2)cc1.I. The number of ether oxygens (including phenoxy) is 1. The Balaban J connectivity index is 0.00000208. The van der Waals surface area contributed by atoms with Gasteiger partial charge in [0.15, 0.2) is 5.96 Å². The van der Waals surface area contributed by atoms with Gasteiger partial charge in [-0.2, -0.15) is 0 Å². The Kier molecular flexibility index (Phi) is 7.32. The minimum absolute atomic E-state index is 0. The summed E-state index contributed by atoms with van der Waals surface area (Å²) in [5, 5.41) is 5.28. The summed E-state index contributed by atoms with van der Waals surface area (Å²) < 4.78 is 5.13. The van der Waals surface area contributed by atoms with Crippen molar-refractivity contribution in [3.8, 4) is 5.75 Å².